The molecule has 92 valence electrons. The summed E-state index contributed by atoms with van der Waals surface area (Å²) in [7, 11) is 0. The molecule has 0 aliphatic carbocycles. The first-order chi connectivity index (χ1) is 8.22. The molecule has 0 unspecified atom stereocenters. The van der Waals surface area contributed by atoms with Crippen molar-refractivity contribution in [1.82, 2.24) is 5.32 Å². The number of rotatable bonds is 7. The number of halogens is 1. The number of amides is 1. The Morgan fingerprint density at radius 1 is 1.35 bits per heavy atom. The molecule has 0 radical (unpaired) electrons. The van der Waals surface area contributed by atoms with Crippen LogP contribution in [0.3, 0.4) is 0 Å². The lowest BCUT2D eigenvalue weighted by molar-refractivity contribution is -0.116. The normalized spacial score (nSPS) is 9.71. The van der Waals surface area contributed by atoms with E-state index in [0.717, 1.165) is 18.6 Å². The van der Waals surface area contributed by atoms with E-state index in [1.807, 2.05) is 24.3 Å². The second-order valence-electron chi connectivity index (χ2n) is 3.50. The van der Waals surface area contributed by atoms with Gasteiger partial charge < -0.3 is 10.1 Å². The minimum atomic E-state index is -0.122. The van der Waals surface area contributed by atoms with Gasteiger partial charge in [-0.15, -0.1) is 0 Å². The third-order valence-electron chi connectivity index (χ3n) is 2.14. The van der Waals surface area contributed by atoms with Crippen LogP contribution in [0.5, 0.6) is 5.75 Å². The van der Waals surface area contributed by atoms with Crippen LogP contribution in [0.15, 0.2) is 36.9 Å². The third-order valence-corrected chi connectivity index (χ3v) is 2.86. The van der Waals surface area contributed by atoms with Gasteiger partial charge in [-0.25, -0.2) is 0 Å². The van der Waals surface area contributed by atoms with E-state index in [0.29, 0.717) is 13.2 Å². The molecule has 1 aromatic carbocycles. The minimum absolute atomic E-state index is 0.122. The predicted molar refractivity (Wildman–Crippen MR) is 77.1 cm³/mol. The van der Waals surface area contributed by atoms with Gasteiger partial charge in [-0.2, -0.15) is 0 Å². The molecule has 17 heavy (non-hydrogen) atoms. The topological polar surface area (TPSA) is 38.3 Å². The summed E-state index contributed by atoms with van der Waals surface area (Å²) in [5, 5.41) is 2.72. The Morgan fingerprint density at radius 3 is 2.71 bits per heavy atom. The molecule has 3 nitrogen and oxygen atoms in total. The monoisotopic (exact) mass is 345 g/mol. The molecule has 0 spiro atoms. The summed E-state index contributed by atoms with van der Waals surface area (Å²) >= 11 is 2.26. The van der Waals surface area contributed by atoms with Gasteiger partial charge in [-0.05, 0) is 65.8 Å². The summed E-state index contributed by atoms with van der Waals surface area (Å²) in [6.45, 7) is 4.72. The Hall–Kier alpha value is -1.04. The molecule has 0 heterocycles. The summed E-state index contributed by atoms with van der Waals surface area (Å²) in [5.41, 5.74) is 0. The van der Waals surface area contributed by atoms with Gasteiger partial charge in [0.2, 0.25) is 5.91 Å². The zero-order valence-corrected chi connectivity index (χ0v) is 11.8. The first kappa shape index (κ1) is 14.0. The van der Waals surface area contributed by atoms with Crippen molar-refractivity contribution in [3.63, 3.8) is 0 Å². The molecule has 1 aromatic rings. The maximum Gasteiger partial charge on any atom is 0.243 e. The average molecular weight is 345 g/mol. The summed E-state index contributed by atoms with van der Waals surface area (Å²) in [4.78, 5) is 10.8. The molecule has 4 heteroatoms. The van der Waals surface area contributed by atoms with Crippen molar-refractivity contribution in [3.8, 4) is 5.75 Å². The number of unbranched alkanes of at least 4 members (excludes halogenated alkanes) is 1. The lowest BCUT2D eigenvalue weighted by Crippen LogP contribution is -2.22. The first-order valence-electron chi connectivity index (χ1n) is 5.51. The van der Waals surface area contributed by atoms with Crippen molar-refractivity contribution in [2.24, 2.45) is 0 Å². The fourth-order valence-corrected chi connectivity index (χ4v) is 1.59. The van der Waals surface area contributed by atoms with Crippen molar-refractivity contribution in [2.45, 2.75) is 12.8 Å². The summed E-state index contributed by atoms with van der Waals surface area (Å²) in [5.74, 6) is 0.768. The second kappa shape index (κ2) is 8.11. The van der Waals surface area contributed by atoms with Gasteiger partial charge in [-0.1, -0.05) is 6.58 Å². The SMILES string of the molecule is C=CC(=O)NCCCCOc1ccc(I)cc1. The molecule has 0 aliphatic rings. The van der Waals surface area contributed by atoms with Gasteiger partial charge in [-0.3, -0.25) is 4.79 Å². The van der Waals surface area contributed by atoms with E-state index in [-0.39, 0.29) is 5.91 Å². The highest BCUT2D eigenvalue weighted by molar-refractivity contribution is 14.1. The zero-order valence-electron chi connectivity index (χ0n) is 9.62. The third kappa shape index (κ3) is 6.31. The molecule has 1 rings (SSSR count). The number of benzene rings is 1. The van der Waals surface area contributed by atoms with Crippen molar-refractivity contribution in [2.75, 3.05) is 13.2 Å². The Balaban J connectivity index is 2.06. The fourth-order valence-electron chi connectivity index (χ4n) is 1.23. The number of ether oxygens (including phenoxy) is 1. The van der Waals surface area contributed by atoms with Gasteiger partial charge in [0.05, 0.1) is 6.61 Å². The highest BCUT2D eigenvalue weighted by Crippen LogP contribution is 2.13. The number of hydrogen-bond donors (Lipinski definition) is 1. The molecule has 0 aromatic heterocycles. The predicted octanol–water partition coefficient (Wildman–Crippen LogP) is 2.75. The van der Waals surface area contributed by atoms with Crippen LogP contribution in [0.2, 0.25) is 0 Å². The molecule has 1 amide bonds. The van der Waals surface area contributed by atoms with Crippen LogP contribution in [0.25, 0.3) is 0 Å². The van der Waals surface area contributed by atoms with Crippen LogP contribution >= 0.6 is 22.6 Å². The summed E-state index contributed by atoms with van der Waals surface area (Å²) in [6, 6.07) is 7.95. The van der Waals surface area contributed by atoms with Crippen molar-refractivity contribution in [3.05, 3.63) is 40.5 Å². The number of nitrogens with one attached hydrogen (secondary N) is 1. The Morgan fingerprint density at radius 2 is 2.06 bits per heavy atom. The van der Waals surface area contributed by atoms with E-state index in [9.17, 15) is 4.79 Å². The van der Waals surface area contributed by atoms with E-state index in [1.54, 1.807) is 0 Å². The van der Waals surface area contributed by atoms with Crippen molar-refractivity contribution >= 4 is 28.5 Å². The highest BCUT2D eigenvalue weighted by atomic mass is 127. The summed E-state index contributed by atoms with van der Waals surface area (Å²) in [6.07, 6.45) is 3.11. The van der Waals surface area contributed by atoms with Gasteiger partial charge in [0.15, 0.2) is 0 Å². The van der Waals surface area contributed by atoms with E-state index in [4.69, 9.17) is 4.74 Å². The standard InChI is InChI=1S/C13H16INO2/c1-2-13(16)15-9-3-4-10-17-12-7-5-11(14)6-8-12/h2,5-8H,1,3-4,9-10H2,(H,15,16). The lowest BCUT2D eigenvalue weighted by Gasteiger charge is -2.06. The fraction of sp³-hybridized carbons (Fsp3) is 0.308. The van der Waals surface area contributed by atoms with Crippen LogP contribution in [-0.4, -0.2) is 19.1 Å². The van der Waals surface area contributed by atoms with Crippen LogP contribution < -0.4 is 10.1 Å². The van der Waals surface area contributed by atoms with E-state index >= 15 is 0 Å². The van der Waals surface area contributed by atoms with Gasteiger partial charge >= 0.3 is 0 Å². The van der Waals surface area contributed by atoms with E-state index < -0.39 is 0 Å². The number of carbonyl (C=O) groups excluding carboxylic acids is 1. The molecular weight excluding hydrogens is 329 g/mol. The lowest BCUT2D eigenvalue weighted by atomic mass is 10.3. The van der Waals surface area contributed by atoms with Gasteiger partial charge in [0.1, 0.15) is 5.75 Å². The second-order valence-corrected chi connectivity index (χ2v) is 4.75. The largest absolute Gasteiger partial charge is 0.494 e. The van der Waals surface area contributed by atoms with E-state index in [1.165, 1.54) is 9.65 Å². The Kier molecular flexibility index (Phi) is 6.69. The van der Waals surface area contributed by atoms with E-state index in [2.05, 4.69) is 34.5 Å². The molecule has 0 bridgehead atoms. The molecule has 0 saturated heterocycles. The maximum atomic E-state index is 10.8. The quantitative estimate of drug-likeness (QED) is 0.469. The smallest absolute Gasteiger partial charge is 0.243 e. The Bertz CT molecular complexity index is 362. The zero-order chi connectivity index (χ0) is 12.5. The number of carbonyl (C=O) groups is 1. The highest BCUT2D eigenvalue weighted by Gasteiger charge is 1.95. The molecule has 0 saturated carbocycles. The van der Waals surface area contributed by atoms with Gasteiger partial charge in [0, 0.05) is 10.1 Å². The molecular formula is C13H16INO2. The minimum Gasteiger partial charge on any atom is -0.494 e. The molecule has 0 fully saturated rings. The molecule has 0 aliphatic heterocycles. The Labute approximate surface area is 115 Å². The van der Waals surface area contributed by atoms with Crippen LogP contribution in [-0.2, 0) is 4.79 Å². The first-order valence-corrected chi connectivity index (χ1v) is 6.59. The van der Waals surface area contributed by atoms with Gasteiger partial charge in [0.25, 0.3) is 0 Å². The average Bonchev–Trinajstić information content (AvgIpc) is 2.35. The summed E-state index contributed by atoms with van der Waals surface area (Å²) < 4.78 is 6.75. The maximum absolute atomic E-state index is 10.8. The number of hydrogen-bond acceptors (Lipinski definition) is 2. The molecule has 0 atom stereocenters. The molecule has 1 N–H and O–H groups in total. The van der Waals surface area contributed by atoms with Crippen molar-refractivity contribution < 1.29 is 9.53 Å². The van der Waals surface area contributed by atoms with Crippen molar-refractivity contribution in [1.29, 1.82) is 0 Å². The van der Waals surface area contributed by atoms with Crippen LogP contribution in [0, 0.1) is 3.57 Å². The van der Waals surface area contributed by atoms with Crippen LogP contribution in [0.4, 0.5) is 0 Å². The van der Waals surface area contributed by atoms with Crippen LogP contribution in [0.1, 0.15) is 12.8 Å².